The standard InChI is InChI=1S/C16H22F2O2/c1-10(9-16(2,3)4)6-14(19)12-7-11(17)8-13(18)15(12)20-5/h7-8,10H,6,9H2,1-5H3. The molecule has 0 radical (unpaired) electrons. The van der Waals surface area contributed by atoms with Gasteiger partial charge in [0, 0.05) is 12.5 Å². The smallest absolute Gasteiger partial charge is 0.168 e. The highest BCUT2D eigenvalue weighted by Gasteiger charge is 2.22. The molecule has 2 nitrogen and oxygen atoms in total. The van der Waals surface area contributed by atoms with Gasteiger partial charge in [0.1, 0.15) is 5.82 Å². The number of halogens is 2. The second-order valence-electron chi connectivity index (χ2n) is 6.47. The summed E-state index contributed by atoms with van der Waals surface area (Å²) in [6.07, 6.45) is 1.11. The molecular formula is C16H22F2O2. The lowest BCUT2D eigenvalue weighted by molar-refractivity contribution is 0.0950. The van der Waals surface area contributed by atoms with Crippen molar-refractivity contribution in [3.05, 3.63) is 29.3 Å². The maximum Gasteiger partial charge on any atom is 0.168 e. The van der Waals surface area contributed by atoms with Crippen LogP contribution in [0.4, 0.5) is 8.78 Å². The lowest BCUT2D eigenvalue weighted by atomic mass is 9.83. The molecule has 0 aliphatic rings. The van der Waals surface area contributed by atoms with Gasteiger partial charge in [0.2, 0.25) is 0 Å². The zero-order chi connectivity index (χ0) is 15.5. The van der Waals surface area contributed by atoms with Crippen LogP contribution in [0.2, 0.25) is 0 Å². The molecule has 4 heteroatoms. The van der Waals surface area contributed by atoms with Crippen molar-refractivity contribution in [1.82, 2.24) is 0 Å². The molecule has 0 aliphatic carbocycles. The van der Waals surface area contributed by atoms with E-state index in [9.17, 15) is 13.6 Å². The molecule has 0 bridgehead atoms. The second-order valence-corrected chi connectivity index (χ2v) is 6.47. The van der Waals surface area contributed by atoms with Gasteiger partial charge in [-0.2, -0.15) is 0 Å². The highest BCUT2D eigenvalue weighted by Crippen LogP contribution is 2.30. The third-order valence-electron chi connectivity index (χ3n) is 3.01. The first-order valence-corrected chi connectivity index (χ1v) is 6.70. The maximum atomic E-state index is 13.6. The topological polar surface area (TPSA) is 26.3 Å². The van der Waals surface area contributed by atoms with Crippen molar-refractivity contribution in [2.24, 2.45) is 11.3 Å². The summed E-state index contributed by atoms with van der Waals surface area (Å²) in [5.74, 6) is -1.95. The first-order valence-electron chi connectivity index (χ1n) is 6.70. The number of carbonyl (C=O) groups excluding carboxylic acids is 1. The van der Waals surface area contributed by atoms with Gasteiger partial charge in [-0.3, -0.25) is 4.79 Å². The van der Waals surface area contributed by atoms with Crippen molar-refractivity contribution in [2.75, 3.05) is 7.11 Å². The Morgan fingerprint density at radius 1 is 1.30 bits per heavy atom. The molecule has 20 heavy (non-hydrogen) atoms. The van der Waals surface area contributed by atoms with E-state index in [-0.39, 0.29) is 34.8 Å². The number of hydrogen-bond donors (Lipinski definition) is 0. The van der Waals surface area contributed by atoms with E-state index in [1.165, 1.54) is 7.11 Å². The summed E-state index contributed by atoms with van der Waals surface area (Å²) in [6, 6.07) is 1.75. The Kier molecular flexibility index (Phi) is 5.26. The molecule has 1 unspecified atom stereocenters. The maximum absolute atomic E-state index is 13.6. The SMILES string of the molecule is COc1c(F)cc(F)cc1C(=O)CC(C)CC(C)(C)C. The summed E-state index contributed by atoms with van der Waals surface area (Å²) in [6.45, 7) is 8.24. The van der Waals surface area contributed by atoms with Gasteiger partial charge in [0.05, 0.1) is 12.7 Å². The molecular weight excluding hydrogens is 262 g/mol. The van der Waals surface area contributed by atoms with Crippen LogP contribution in [0, 0.1) is 23.0 Å². The summed E-state index contributed by atoms with van der Waals surface area (Å²) in [5, 5.41) is 0. The molecule has 0 aromatic heterocycles. The second kappa shape index (κ2) is 6.33. The Morgan fingerprint density at radius 2 is 1.90 bits per heavy atom. The lowest BCUT2D eigenvalue weighted by Crippen LogP contribution is -2.15. The van der Waals surface area contributed by atoms with Crippen molar-refractivity contribution < 1.29 is 18.3 Å². The molecule has 0 aliphatic heterocycles. The number of Topliss-reactive ketones (excluding diaryl/α,β-unsaturated/α-hetero) is 1. The van der Waals surface area contributed by atoms with Gasteiger partial charge in [-0.1, -0.05) is 27.7 Å². The van der Waals surface area contributed by atoms with Crippen molar-refractivity contribution in [3.8, 4) is 5.75 Å². The van der Waals surface area contributed by atoms with E-state index in [0.29, 0.717) is 6.07 Å². The molecule has 0 fully saturated rings. The van der Waals surface area contributed by atoms with Crippen LogP contribution in [0.1, 0.15) is 50.9 Å². The summed E-state index contributed by atoms with van der Waals surface area (Å²) in [5.41, 5.74) is 0.0857. The van der Waals surface area contributed by atoms with Crippen molar-refractivity contribution in [3.63, 3.8) is 0 Å². The fourth-order valence-corrected chi connectivity index (χ4v) is 2.52. The predicted octanol–water partition coefficient (Wildman–Crippen LogP) is 4.62. The number of rotatable bonds is 5. The number of methoxy groups -OCH3 is 1. The van der Waals surface area contributed by atoms with Gasteiger partial charge in [-0.05, 0) is 23.8 Å². The lowest BCUT2D eigenvalue weighted by Gasteiger charge is -2.23. The van der Waals surface area contributed by atoms with E-state index in [4.69, 9.17) is 4.74 Å². The summed E-state index contributed by atoms with van der Waals surface area (Å²) in [7, 11) is 1.27. The third kappa shape index (κ3) is 4.58. The number of ether oxygens (including phenoxy) is 1. The Balaban J connectivity index is 2.93. The van der Waals surface area contributed by atoms with Crippen molar-refractivity contribution in [1.29, 1.82) is 0 Å². The summed E-state index contributed by atoms with van der Waals surface area (Å²) in [4.78, 5) is 12.2. The van der Waals surface area contributed by atoms with Crippen LogP contribution in [0.15, 0.2) is 12.1 Å². The highest BCUT2D eigenvalue weighted by molar-refractivity contribution is 5.98. The molecule has 1 aromatic carbocycles. The number of carbonyl (C=O) groups is 1. The molecule has 1 rings (SSSR count). The Labute approximate surface area is 119 Å². The average Bonchev–Trinajstić information content (AvgIpc) is 2.24. The molecule has 112 valence electrons. The minimum Gasteiger partial charge on any atom is -0.493 e. The van der Waals surface area contributed by atoms with Crippen LogP contribution in [0.25, 0.3) is 0 Å². The Morgan fingerprint density at radius 3 is 2.40 bits per heavy atom. The molecule has 0 amide bonds. The van der Waals surface area contributed by atoms with E-state index in [1.807, 2.05) is 6.92 Å². The Bertz CT molecular complexity index is 490. The number of hydrogen-bond acceptors (Lipinski definition) is 2. The molecule has 0 saturated heterocycles. The van der Waals surface area contributed by atoms with Crippen molar-refractivity contribution in [2.45, 2.75) is 40.5 Å². The monoisotopic (exact) mass is 284 g/mol. The molecule has 0 spiro atoms. The van der Waals surface area contributed by atoms with E-state index in [2.05, 4.69) is 20.8 Å². The van der Waals surface area contributed by atoms with Gasteiger partial charge in [-0.15, -0.1) is 0 Å². The first-order chi connectivity index (χ1) is 9.14. The predicted molar refractivity (Wildman–Crippen MR) is 75.1 cm³/mol. The Hall–Kier alpha value is -1.45. The van der Waals surface area contributed by atoms with Crippen LogP contribution in [-0.2, 0) is 0 Å². The van der Waals surface area contributed by atoms with Gasteiger partial charge < -0.3 is 4.74 Å². The van der Waals surface area contributed by atoms with Crippen LogP contribution >= 0.6 is 0 Å². The summed E-state index contributed by atoms with van der Waals surface area (Å²) >= 11 is 0. The van der Waals surface area contributed by atoms with Gasteiger partial charge in [0.25, 0.3) is 0 Å². The molecule has 0 N–H and O–H groups in total. The quantitative estimate of drug-likeness (QED) is 0.737. The number of ketones is 1. The van der Waals surface area contributed by atoms with E-state index in [0.717, 1.165) is 12.5 Å². The molecule has 1 aromatic rings. The fourth-order valence-electron chi connectivity index (χ4n) is 2.52. The number of benzene rings is 1. The first kappa shape index (κ1) is 16.6. The largest absolute Gasteiger partial charge is 0.493 e. The van der Waals surface area contributed by atoms with Crippen molar-refractivity contribution >= 4 is 5.78 Å². The minimum absolute atomic E-state index is 0.0224. The third-order valence-corrected chi connectivity index (χ3v) is 3.01. The zero-order valence-corrected chi connectivity index (χ0v) is 12.7. The average molecular weight is 284 g/mol. The van der Waals surface area contributed by atoms with E-state index in [1.54, 1.807) is 0 Å². The van der Waals surface area contributed by atoms with Crippen LogP contribution in [-0.4, -0.2) is 12.9 Å². The van der Waals surface area contributed by atoms with Crippen LogP contribution < -0.4 is 4.74 Å². The fraction of sp³-hybridized carbons (Fsp3) is 0.562. The highest BCUT2D eigenvalue weighted by atomic mass is 19.1. The van der Waals surface area contributed by atoms with Gasteiger partial charge >= 0.3 is 0 Å². The molecule has 0 heterocycles. The van der Waals surface area contributed by atoms with Crippen LogP contribution in [0.3, 0.4) is 0 Å². The molecule has 0 saturated carbocycles. The van der Waals surface area contributed by atoms with E-state index < -0.39 is 11.6 Å². The van der Waals surface area contributed by atoms with Gasteiger partial charge in [-0.25, -0.2) is 8.78 Å². The normalized spacial score (nSPS) is 13.2. The van der Waals surface area contributed by atoms with E-state index >= 15 is 0 Å². The zero-order valence-electron chi connectivity index (χ0n) is 12.7. The summed E-state index contributed by atoms with van der Waals surface area (Å²) < 4.78 is 31.7. The van der Waals surface area contributed by atoms with Gasteiger partial charge in [0.15, 0.2) is 17.3 Å². The van der Waals surface area contributed by atoms with Crippen LogP contribution in [0.5, 0.6) is 5.75 Å². The minimum atomic E-state index is -0.848. The molecule has 1 atom stereocenters.